The summed E-state index contributed by atoms with van der Waals surface area (Å²) in [6.07, 6.45) is 1.46. The largest absolute Gasteiger partial charge is 0.453 e. The summed E-state index contributed by atoms with van der Waals surface area (Å²) >= 11 is 0. The van der Waals surface area contributed by atoms with Crippen LogP contribution in [-0.2, 0) is 14.3 Å². The van der Waals surface area contributed by atoms with Crippen molar-refractivity contribution < 1.29 is 14.3 Å². The summed E-state index contributed by atoms with van der Waals surface area (Å²) in [5.74, 6) is -0.254. The Morgan fingerprint density at radius 3 is 2.82 bits per heavy atom. The molecule has 0 saturated carbocycles. The molecule has 2 aliphatic rings. The number of rotatable bonds is 0. The summed E-state index contributed by atoms with van der Waals surface area (Å²) in [6.45, 7) is 4.86. The third kappa shape index (κ3) is 0.959. The average Bonchev–Trinajstić information content (AvgIpc) is 2.46. The molecular weight excluding hydrogens is 144 g/mol. The number of ether oxygens (including phenoxy) is 2. The molecule has 0 aromatic rings. The van der Waals surface area contributed by atoms with Gasteiger partial charge in [0.05, 0.1) is 13.2 Å². The fourth-order valence-corrected chi connectivity index (χ4v) is 1.57. The molecule has 2 aliphatic heterocycles. The van der Waals surface area contributed by atoms with Gasteiger partial charge in [-0.15, -0.1) is 0 Å². The van der Waals surface area contributed by atoms with Crippen LogP contribution in [0, 0.1) is 0 Å². The molecule has 0 aromatic heterocycles. The molecule has 0 bridgehead atoms. The van der Waals surface area contributed by atoms with Gasteiger partial charge in [-0.2, -0.15) is 0 Å². The highest BCUT2D eigenvalue weighted by Crippen LogP contribution is 2.36. The van der Waals surface area contributed by atoms with Crippen molar-refractivity contribution in [1.82, 2.24) is 0 Å². The first kappa shape index (κ1) is 6.85. The molecule has 3 nitrogen and oxygen atoms in total. The Labute approximate surface area is 65.0 Å². The molecule has 3 heteroatoms. The van der Waals surface area contributed by atoms with E-state index in [-0.39, 0.29) is 11.6 Å². The minimum absolute atomic E-state index is 0.254. The van der Waals surface area contributed by atoms with Crippen molar-refractivity contribution in [2.24, 2.45) is 0 Å². The first-order valence-electron chi connectivity index (χ1n) is 3.71. The molecule has 0 radical (unpaired) electrons. The lowest BCUT2D eigenvalue weighted by molar-refractivity contribution is -0.146. The smallest absolute Gasteiger partial charge is 0.334 e. The molecule has 2 fully saturated rings. The Balaban J connectivity index is 2.18. The maximum absolute atomic E-state index is 11.0. The van der Waals surface area contributed by atoms with Gasteiger partial charge in [-0.3, -0.25) is 0 Å². The van der Waals surface area contributed by atoms with Gasteiger partial charge in [0.2, 0.25) is 0 Å². The topological polar surface area (TPSA) is 35.5 Å². The molecule has 2 rings (SSSR count). The average molecular weight is 154 g/mol. The lowest BCUT2D eigenvalue weighted by atomic mass is 9.98. The summed E-state index contributed by atoms with van der Waals surface area (Å²) in [6, 6.07) is 0. The van der Waals surface area contributed by atoms with Crippen molar-refractivity contribution in [3.63, 3.8) is 0 Å². The van der Waals surface area contributed by atoms with Crippen LogP contribution in [0.4, 0.5) is 0 Å². The summed E-state index contributed by atoms with van der Waals surface area (Å²) in [5.41, 5.74) is 0.240. The fourth-order valence-electron chi connectivity index (χ4n) is 1.57. The molecule has 1 atom stereocenters. The first-order chi connectivity index (χ1) is 5.22. The highest BCUT2D eigenvalue weighted by atomic mass is 16.6. The molecule has 1 unspecified atom stereocenters. The maximum Gasteiger partial charge on any atom is 0.334 e. The maximum atomic E-state index is 11.0. The molecule has 0 aliphatic carbocycles. The van der Waals surface area contributed by atoms with Crippen LogP contribution in [0.1, 0.15) is 12.8 Å². The van der Waals surface area contributed by atoms with E-state index in [1.54, 1.807) is 0 Å². The molecule has 2 saturated heterocycles. The lowest BCUT2D eigenvalue weighted by Gasteiger charge is -2.17. The monoisotopic (exact) mass is 154 g/mol. The van der Waals surface area contributed by atoms with E-state index < -0.39 is 0 Å². The first-order valence-corrected chi connectivity index (χ1v) is 3.71. The van der Waals surface area contributed by atoms with Crippen LogP contribution < -0.4 is 0 Å². The van der Waals surface area contributed by atoms with Crippen LogP contribution in [0.15, 0.2) is 12.2 Å². The fraction of sp³-hybridized carbons (Fsp3) is 0.625. The Kier molecular flexibility index (Phi) is 1.29. The molecule has 1 spiro atoms. The van der Waals surface area contributed by atoms with Gasteiger partial charge in [0, 0.05) is 18.4 Å². The summed E-state index contributed by atoms with van der Waals surface area (Å²) < 4.78 is 10.3. The molecule has 11 heavy (non-hydrogen) atoms. The van der Waals surface area contributed by atoms with Gasteiger partial charge in [-0.1, -0.05) is 6.58 Å². The van der Waals surface area contributed by atoms with Gasteiger partial charge in [0.1, 0.15) is 5.60 Å². The lowest BCUT2D eigenvalue weighted by Crippen LogP contribution is -2.28. The minimum atomic E-state index is -0.339. The van der Waals surface area contributed by atoms with Gasteiger partial charge in [-0.05, 0) is 0 Å². The second kappa shape index (κ2) is 2.08. The normalized spacial score (nSPS) is 36.7. The van der Waals surface area contributed by atoms with Crippen molar-refractivity contribution in [3.05, 3.63) is 12.2 Å². The van der Waals surface area contributed by atoms with E-state index in [1.165, 1.54) is 0 Å². The van der Waals surface area contributed by atoms with Crippen molar-refractivity contribution in [2.45, 2.75) is 18.4 Å². The van der Waals surface area contributed by atoms with E-state index in [0.717, 1.165) is 6.42 Å². The molecule has 0 amide bonds. The summed E-state index contributed by atoms with van der Waals surface area (Å²) in [7, 11) is 0. The van der Waals surface area contributed by atoms with Crippen LogP contribution in [0.25, 0.3) is 0 Å². The third-order valence-electron chi connectivity index (χ3n) is 2.20. The zero-order valence-corrected chi connectivity index (χ0v) is 6.26. The van der Waals surface area contributed by atoms with Gasteiger partial charge < -0.3 is 9.47 Å². The van der Waals surface area contributed by atoms with E-state index >= 15 is 0 Å². The number of hydrogen-bond acceptors (Lipinski definition) is 3. The second-order valence-electron chi connectivity index (χ2n) is 3.16. The van der Waals surface area contributed by atoms with Crippen LogP contribution in [0.5, 0.6) is 0 Å². The molecule has 60 valence electrons. The van der Waals surface area contributed by atoms with Gasteiger partial charge in [0.15, 0.2) is 0 Å². The predicted octanol–water partition coefficient (Wildman–Crippen LogP) is 0.649. The van der Waals surface area contributed by atoms with Gasteiger partial charge in [0.25, 0.3) is 0 Å². The van der Waals surface area contributed by atoms with E-state index in [0.29, 0.717) is 25.2 Å². The zero-order valence-electron chi connectivity index (χ0n) is 6.26. The van der Waals surface area contributed by atoms with Crippen molar-refractivity contribution in [2.75, 3.05) is 13.2 Å². The predicted molar refractivity (Wildman–Crippen MR) is 38.0 cm³/mol. The van der Waals surface area contributed by atoms with Gasteiger partial charge in [-0.25, -0.2) is 4.79 Å². The third-order valence-corrected chi connectivity index (χ3v) is 2.20. The van der Waals surface area contributed by atoms with Gasteiger partial charge >= 0.3 is 5.97 Å². The summed E-state index contributed by atoms with van der Waals surface area (Å²) in [5, 5.41) is 0. The van der Waals surface area contributed by atoms with Crippen molar-refractivity contribution >= 4 is 5.97 Å². The van der Waals surface area contributed by atoms with Crippen LogP contribution in [-0.4, -0.2) is 24.8 Å². The van der Waals surface area contributed by atoms with Crippen LogP contribution in [0.3, 0.4) is 0 Å². The van der Waals surface area contributed by atoms with Crippen molar-refractivity contribution in [1.29, 1.82) is 0 Å². The van der Waals surface area contributed by atoms with E-state index in [2.05, 4.69) is 6.58 Å². The highest BCUT2D eigenvalue weighted by molar-refractivity contribution is 5.90. The van der Waals surface area contributed by atoms with E-state index in [4.69, 9.17) is 9.47 Å². The van der Waals surface area contributed by atoms with Crippen molar-refractivity contribution in [3.8, 4) is 0 Å². The quantitative estimate of drug-likeness (QED) is 0.379. The number of esters is 1. The SMILES string of the molecule is C=C1CC2(CCOC2)OC1=O. The van der Waals surface area contributed by atoms with Crippen LogP contribution >= 0.6 is 0 Å². The molecular formula is C8H10O3. The standard InChI is InChI=1S/C8H10O3/c1-6-4-8(11-7(6)9)2-3-10-5-8/h1-5H2. The van der Waals surface area contributed by atoms with E-state index in [9.17, 15) is 4.79 Å². The number of hydrogen-bond donors (Lipinski definition) is 0. The Morgan fingerprint density at radius 2 is 2.36 bits per heavy atom. The highest BCUT2D eigenvalue weighted by Gasteiger charge is 2.45. The summed E-state index contributed by atoms with van der Waals surface area (Å²) in [4.78, 5) is 11.0. The van der Waals surface area contributed by atoms with Crippen LogP contribution in [0.2, 0.25) is 0 Å². The Bertz CT molecular complexity index is 195. The van der Waals surface area contributed by atoms with E-state index in [1.807, 2.05) is 0 Å². The second-order valence-corrected chi connectivity index (χ2v) is 3.16. The number of carbonyl (C=O) groups excluding carboxylic acids is 1. The Hall–Kier alpha value is -0.830. The molecule has 0 N–H and O–H groups in total. The number of carbonyl (C=O) groups is 1. The zero-order chi connectivity index (χ0) is 7.90. The Morgan fingerprint density at radius 1 is 1.55 bits per heavy atom. The minimum Gasteiger partial charge on any atom is -0.453 e. The molecule has 2 heterocycles. The molecule has 0 aromatic carbocycles.